The standard InChI is InChI=1S/C19H30N2/c1-4-18-11-20-19(14(2)3)13-21(18)12-15-8-9-16-6-5-7-17(16)10-15/h8-10,14,18-20H,4-7,11-13H2,1-3H3. The average molecular weight is 286 g/mol. The minimum atomic E-state index is 0.641. The Bertz CT molecular complexity index is 480. The maximum Gasteiger partial charge on any atom is 0.0237 e. The van der Waals surface area contributed by atoms with E-state index in [1.807, 2.05) is 0 Å². The molecule has 3 rings (SSSR count). The fourth-order valence-electron chi connectivity index (χ4n) is 3.88. The summed E-state index contributed by atoms with van der Waals surface area (Å²) >= 11 is 0. The molecule has 1 fully saturated rings. The Labute approximate surface area is 129 Å². The second-order valence-electron chi connectivity index (χ2n) is 7.21. The summed E-state index contributed by atoms with van der Waals surface area (Å²) < 4.78 is 0. The van der Waals surface area contributed by atoms with Crippen molar-refractivity contribution < 1.29 is 0 Å². The van der Waals surface area contributed by atoms with E-state index < -0.39 is 0 Å². The molecule has 0 saturated carbocycles. The summed E-state index contributed by atoms with van der Waals surface area (Å²) in [7, 11) is 0. The van der Waals surface area contributed by atoms with Crippen LogP contribution in [-0.4, -0.2) is 30.1 Å². The van der Waals surface area contributed by atoms with Gasteiger partial charge in [-0.15, -0.1) is 0 Å². The highest BCUT2D eigenvalue weighted by atomic mass is 15.2. The van der Waals surface area contributed by atoms with Crippen LogP contribution in [0.5, 0.6) is 0 Å². The second-order valence-corrected chi connectivity index (χ2v) is 7.21. The number of nitrogens with zero attached hydrogens (tertiary/aromatic N) is 1. The van der Waals surface area contributed by atoms with Crippen molar-refractivity contribution in [2.24, 2.45) is 5.92 Å². The number of hydrogen-bond acceptors (Lipinski definition) is 2. The van der Waals surface area contributed by atoms with Crippen molar-refractivity contribution in [3.05, 3.63) is 34.9 Å². The van der Waals surface area contributed by atoms with Gasteiger partial charge in [0.25, 0.3) is 0 Å². The average Bonchev–Trinajstić information content (AvgIpc) is 2.94. The molecule has 0 spiro atoms. The molecule has 0 aromatic heterocycles. The first-order chi connectivity index (χ1) is 10.2. The van der Waals surface area contributed by atoms with Gasteiger partial charge < -0.3 is 5.32 Å². The highest BCUT2D eigenvalue weighted by molar-refractivity contribution is 5.35. The van der Waals surface area contributed by atoms with E-state index in [-0.39, 0.29) is 0 Å². The Hall–Kier alpha value is -0.860. The summed E-state index contributed by atoms with van der Waals surface area (Å²) in [6, 6.07) is 8.54. The Kier molecular flexibility index (Phi) is 4.66. The molecule has 2 unspecified atom stereocenters. The topological polar surface area (TPSA) is 15.3 Å². The van der Waals surface area contributed by atoms with Crippen LogP contribution in [0.15, 0.2) is 18.2 Å². The Morgan fingerprint density at radius 2 is 2.05 bits per heavy atom. The molecular weight excluding hydrogens is 256 g/mol. The minimum absolute atomic E-state index is 0.641. The summed E-state index contributed by atoms with van der Waals surface area (Å²) in [5, 5.41) is 3.74. The van der Waals surface area contributed by atoms with Crippen LogP contribution in [0, 0.1) is 5.92 Å². The van der Waals surface area contributed by atoms with Gasteiger partial charge >= 0.3 is 0 Å². The molecule has 0 bridgehead atoms. The third kappa shape index (κ3) is 3.32. The Balaban J connectivity index is 1.71. The maximum absolute atomic E-state index is 3.74. The molecule has 1 aromatic rings. The van der Waals surface area contributed by atoms with Gasteiger partial charge in [0.1, 0.15) is 0 Å². The number of benzene rings is 1. The molecular formula is C19H30N2. The second kappa shape index (κ2) is 6.50. The van der Waals surface area contributed by atoms with Gasteiger partial charge in [-0.2, -0.15) is 0 Å². The van der Waals surface area contributed by atoms with Crippen LogP contribution < -0.4 is 5.32 Å². The van der Waals surface area contributed by atoms with E-state index in [4.69, 9.17) is 0 Å². The molecule has 21 heavy (non-hydrogen) atoms. The van der Waals surface area contributed by atoms with E-state index in [9.17, 15) is 0 Å². The van der Waals surface area contributed by atoms with Crippen molar-refractivity contribution in [1.82, 2.24) is 10.2 Å². The lowest BCUT2D eigenvalue weighted by molar-refractivity contribution is 0.103. The van der Waals surface area contributed by atoms with Crippen molar-refractivity contribution in [2.75, 3.05) is 13.1 Å². The molecule has 1 aliphatic carbocycles. The Morgan fingerprint density at radius 3 is 2.81 bits per heavy atom. The minimum Gasteiger partial charge on any atom is -0.311 e. The summed E-state index contributed by atoms with van der Waals surface area (Å²) in [5.41, 5.74) is 4.71. The largest absolute Gasteiger partial charge is 0.311 e. The first-order valence-electron chi connectivity index (χ1n) is 8.75. The lowest BCUT2D eigenvalue weighted by atomic mass is 9.97. The number of aryl methyl sites for hydroxylation is 2. The van der Waals surface area contributed by atoms with Gasteiger partial charge in [-0.05, 0) is 48.3 Å². The van der Waals surface area contributed by atoms with E-state index in [1.54, 1.807) is 11.1 Å². The maximum atomic E-state index is 3.74. The first kappa shape index (κ1) is 15.1. The van der Waals surface area contributed by atoms with Crippen LogP contribution in [0.1, 0.15) is 50.3 Å². The normalized spacial score (nSPS) is 26.3. The zero-order valence-electron chi connectivity index (χ0n) is 13.9. The summed E-state index contributed by atoms with van der Waals surface area (Å²) in [6.45, 7) is 10.4. The van der Waals surface area contributed by atoms with Gasteiger partial charge in [0.15, 0.2) is 0 Å². The van der Waals surface area contributed by atoms with Gasteiger partial charge in [0.2, 0.25) is 0 Å². The van der Waals surface area contributed by atoms with Gasteiger partial charge in [0, 0.05) is 31.7 Å². The molecule has 0 amide bonds. The predicted molar refractivity (Wildman–Crippen MR) is 89.6 cm³/mol. The zero-order chi connectivity index (χ0) is 14.8. The SMILES string of the molecule is CCC1CNC(C(C)C)CN1Cc1ccc2c(c1)CCC2. The van der Waals surface area contributed by atoms with E-state index in [0.717, 1.165) is 13.1 Å². The molecule has 1 N–H and O–H groups in total. The van der Waals surface area contributed by atoms with E-state index in [0.29, 0.717) is 18.0 Å². The molecule has 0 radical (unpaired) electrons. The van der Waals surface area contributed by atoms with Gasteiger partial charge in [-0.25, -0.2) is 0 Å². The van der Waals surface area contributed by atoms with Gasteiger partial charge in [-0.1, -0.05) is 39.0 Å². The molecule has 2 atom stereocenters. The molecule has 1 heterocycles. The van der Waals surface area contributed by atoms with Crippen LogP contribution in [0.3, 0.4) is 0 Å². The fourth-order valence-corrected chi connectivity index (χ4v) is 3.88. The van der Waals surface area contributed by atoms with Crippen LogP contribution in [0.25, 0.3) is 0 Å². The summed E-state index contributed by atoms with van der Waals surface area (Å²) in [5.74, 6) is 0.713. The first-order valence-corrected chi connectivity index (χ1v) is 8.75. The van der Waals surface area contributed by atoms with E-state index in [2.05, 4.69) is 49.2 Å². The van der Waals surface area contributed by atoms with Crippen LogP contribution >= 0.6 is 0 Å². The van der Waals surface area contributed by atoms with E-state index in [1.165, 1.54) is 37.8 Å². The fraction of sp³-hybridized carbons (Fsp3) is 0.684. The summed E-state index contributed by atoms with van der Waals surface area (Å²) in [6.07, 6.45) is 5.16. The monoisotopic (exact) mass is 286 g/mol. The van der Waals surface area contributed by atoms with Crippen LogP contribution in [0.2, 0.25) is 0 Å². The predicted octanol–water partition coefficient (Wildman–Crippen LogP) is 3.38. The van der Waals surface area contributed by atoms with Gasteiger partial charge in [0.05, 0.1) is 0 Å². The number of rotatable bonds is 4. The van der Waals surface area contributed by atoms with Crippen molar-refractivity contribution >= 4 is 0 Å². The Morgan fingerprint density at radius 1 is 1.24 bits per heavy atom. The van der Waals surface area contributed by atoms with Gasteiger partial charge in [-0.3, -0.25) is 4.90 Å². The lowest BCUT2D eigenvalue weighted by Gasteiger charge is -2.41. The van der Waals surface area contributed by atoms with Crippen LogP contribution in [-0.2, 0) is 19.4 Å². The molecule has 2 heteroatoms. The molecule has 2 aliphatic rings. The van der Waals surface area contributed by atoms with Crippen LogP contribution in [0.4, 0.5) is 0 Å². The molecule has 1 aromatic carbocycles. The number of hydrogen-bond donors (Lipinski definition) is 1. The highest BCUT2D eigenvalue weighted by Gasteiger charge is 2.28. The quantitative estimate of drug-likeness (QED) is 0.913. The third-order valence-corrected chi connectivity index (χ3v) is 5.39. The molecule has 1 saturated heterocycles. The highest BCUT2D eigenvalue weighted by Crippen LogP contribution is 2.24. The third-order valence-electron chi connectivity index (χ3n) is 5.39. The van der Waals surface area contributed by atoms with Crippen molar-refractivity contribution in [3.63, 3.8) is 0 Å². The molecule has 116 valence electrons. The lowest BCUT2D eigenvalue weighted by Crippen LogP contribution is -2.57. The number of piperazine rings is 1. The molecule has 1 aliphatic heterocycles. The molecule has 2 nitrogen and oxygen atoms in total. The number of fused-ring (bicyclic) bond motifs is 1. The van der Waals surface area contributed by atoms with Crippen molar-refractivity contribution in [3.8, 4) is 0 Å². The summed E-state index contributed by atoms with van der Waals surface area (Å²) in [4.78, 5) is 2.71. The van der Waals surface area contributed by atoms with E-state index >= 15 is 0 Å². The van der Waals surface area contributed by atoms with Crippen molar-refractivity contribution in [2.45, 2.75) is 65.1 Å². The van der Waals surface area contributed by atoms with Crippen molar-refractivity contribution in [1.29, 1.82) is 0 Å². The zero-order valence-corrected chi connectivity index (χ0v) is 13.9. The smallest absolute Gasteiger partial charge is 0.0237 e. The number of nitrogens with one attached hydrogen (secondary N) is 1.